The Kier molecular flexibility index (Phi) is 5.18. The van der Waals surface area contributed by atoms with Crippen molar-refractivity contribution in [3.63, 3.8) is 0 Å². The van der Waals surface area contributed by atoms with E-state index in [1.54, 1.807) is 17.0 Å². The Morgan fingerprint density at radius 1 is 1.45 bits per heavy atom. The second kappa shape index (κ2) is 6.70. The average molecular weight is 333 g/mol. The van der Waals surface area contributed by atoms with Crippen molar-refractivity contribution in [1.82, 2.24) is 10.2 Å². The molecule has 0 radical (unpaired) electrons. The zero-order valence-corrected chi connectivity index (χ0v) is 13.2. The third-order valence-corrected chi connectivity index (χ3v) is 4.88. The lowest BCUT2D eigenvalue weighted by Gasteiger charge is -2.23. The largest absolute Gasteiger partial charge is 0.355 e. The minimum absolute atomic E-state index is 0.0441. The molecule has 7 heteroatoms. The monoisotopic (exact) mass is 332 g/mol. The molecule has 0 bridgehead atoms. The van der Waals surface area contributed by atoms with Crippen LogP contribution >= 0.6 is 35.0 Å². The molecule has 1 saturated heterocycles. The van der Waals surface area contributed by atoms with Gasteiger partial charge in [-0.1, -0.05) is 29.3 Å². The molecule has 0 unspecified atom stereocenters. The molecule has 2 amide bonds. The summed E-state index contributed by atoms with van der Waals surface area (Å²) < 4.78 is 0. The van der Waals surface area contributed by atoms with Gasteiger partial charge >= 0.3 is 0 Å². The molecule has 1 heterocycles. The number of nitrogens with one attached hydrogen (secondary N) is 1. The van der Waals surface area contributed by atoms with Crippen molar-refractivity contribution >= 4 is 46.8 Å². The summed E-state index contributed by atoms with van der Waals surface area (Å²) in [6, 6.07) is 5.27. The van der Waals surface area contributed by atoms with Gasteiger partial charge in [-0.2, -0.15) is 0 Å². The van der Waals surface area contributed by atoms with Crippen LogP contribution in [0.1, 0.15) is 17.9 Å². The lowest BCUT2D eigenvalue weighted by atomic mass is 10.2. The van der Waals surface area contributed by atoms with Gasteiger partial charge in [0.1, 0.15) is 11.9 Å². The number of hydrogen-bond donors (Lipinski definition) is 1. The van der Waals surface area contributed by atoms with Gasteiger partial charge in [-0.3, -0.25) is 9.59 Å². The molecule has 0 aromatic heterocycles. The summed E-state index contributed by atoms with van der Waals surface area (Å²) in [6.45, 7) is 2.45. The molecule has 1 atom stereocenters. The van der Waals surface area contributed by atoms with E-state index < -0.39 is 0 Å². The van der Waals surface area contributed by atoms with Crippen LogP contribution in [-0.2, 0) is 9.59 Å². The van der Waals surface area contributed by atoms with Crippen LogP contribution in [0.3, 0.4) is 0 Å². The van der Waals surface area contributed by atoms with Crippen LogP contribution in [0.25, 0.3) is 0 Å². The molecule has 0 saturated carbocycles. The predicted octanol–water partition coefficient (Wildman–Crippen LogP) is 2.70. The Morgan fingerprint density at radius 2 is 2.20 bits per heavy atom. The molecule has 20 heavy (non-hydrogen) atoms. The Balaban J connectivity index is 2.18. The lowest BCUT2D eigenvalue weighted by Crippen LogP contribution is -2.39. The van der Waals surface area contributed by atoms with E-state index in [0.717, 1.165) is 5.56 Å². The Morgan fingerprint density at radius 3 is 2.85 bits per heavy atom. The summed E-state index contributed by atoms with van der Waals surface area (Å²) >= 11 is 13.4. The molecule has 0 spiro atoms. The van der Waals surface area contributed by atoms with Crippen LogP contribution in [0.15, 0.2) is 18.2 Å². The fourth-order valence-corrected chi connectivity index (χ4v) is 3.46. The second-order valence-corrected chi connectivity index (χ2v) is 6.19. The third kappa shape index (κ3) is 3.40. The summed E-state index contributed by atoms with van der Waals surface area (Å²) in [5.74, 6) is 0.162. The quantitative estimate of drug-likeness (QED) is 0.922. The smallest absolute Gasteiger partial charge is 0.239 e. The van der Waals surface area contributed by atoms with E-state index in [0.29, 0.717) is 22.3 Å². The van der Waals surface area contributed by atoms with Gasteiger partial charge < -0.3 is 10.2 Å². The maximum atomic E-state index is 11.9. The normalized spacial score (nSPS) is 18.4. The van der Waals surface area contributed by atoms with Crippen LogP contribution < -0.4 is 5.32 Å². The van der Waals surface area contributed by atoms with Crippen LogP contribution in [0, 0.1) is 0 Å². The summed E-state index contributed by atoms with van der Waals surface area (Å²) in [7, 11) is 0. The van der Waals surface area contributed by atoms with Gasteiger partial charge in [-0.05, 0) is 24.6 Å². The van der Waals surface area contributed by atoms with Crippen molar-refractivity contribution in [2.75, 3.05) is 18.8 Å². The first-order chi connectivity index (χ1) is 9.52. The van der Waals surface area contributed by atoms with Crippen LogP contribution in [-0.4, -0.2) is 35.6 Å². The van der Waals surface area contributed by atoms with Crippen molar-refractivity contribution < 1.29 is 9.59 Å². The first kappa shape index (κ1) is 15.5. The molecule has 1 aliphatic rings. The number of nitrogens with zero attached hydrogens (tertiary/aromatic N) is 1. The summed E-state index contributed by atoms with van der Waals surface area (Å²) in [4.78, 5) is 25.2. The molecule has 1 N–H and O–H groups in total. The van der Waals surface area contributed by atoms with E-state index in [1.807, 2.05) is 13.0 Å². The Labute approximate surface area is 131 Å². The second-order valence-electron chi connectivity index (χ2n) is 4.31. The highest BCUT2D eigenvalue weighted by Crippen LogP contribution is 2.40. The molecule has 1 fully saturated rings. The minimum atomic E-state index is -0.195. The summed E-state index contributed by atoms with van der Waals surface area (Å²) in [6.07, 6.45) is 0. The number of thioether (sulfide) groups is 1. The molecule has 2 rings (SSSR count). The van der Waals surface area contributed by atoms with E-state index in [-0.39, 0.29) is 23.7 Å². The van der Waals surface area contributed by atoms with Gasteiger partial charge in [0.25, 0.3) is 0 Å². The number of amides is 2. The fourth-order valence-electron chi connectivity index (χ4n) is 1.97. The number of halogens is 2. The van der Waals surface area contributed by atoms with Crippen LogP contribution in [0.2, 0.25) is 10.0 Å². The molecular weight excluding hydrogens is 319 g/mol. The number of benzene rings is 1. The first-order valence-electron chi connectivity index (χ1n) is 6.15. The van der Waals surface area contributed by atoms with E-state index in [1.165, 1.54) is 11.8 Å². The number of carbonyl (C=O) groups is 2. The van der Waals surface area contributed by atoms with Crippen LogP contribution in [0.4, 0.5) is 0 Å². The van der Waals surface area contributed by atoms with Gasteiger partial charge in [0.05, 0.1) is 15.8 Å². The molecular formula is C13H14Cl2N2O2S. The summed E-state index contributed by atoms with van der Waals surface area (Å²) in [5.41, 5.74) is 0.875. The molecule has 1 aromatic carbocycles. The molecule has 108 valence electrons. The minimum Gasteiger partial charge on any atom is -0.355 e. The maximum absolute atomic E-state index is 11.9. The number of likely N-dealkylation sites (N-methyl/N-ethyl adjacent to an activating group) is 1. The van der Waals surface area contributed by atoms with Gasteiger partial charge in [-0.25, -0.2) is 0 Å². The number of hydrogen-bond acceptors (Lipinski definition) is 3. The van der Waals surface area contributed by atoms with Crippen molar-refractivity contribution in [3.8, 4) is 0 Å². The predicted molar refractivity (Wildman–Crippen MR) is 82.1 cm³/mol. The number of carbonyl (C=O) groups excluding carboxylic acids is 2. The highest BCUT2D eigenvalue weighted by Gasteiger charge is 2.34. The van der Waals surface area contributed by atoms with Crippen molar-refractivity contribution in [3.05, 3.63) is 33.8 Å². The van der Waals surface area contributed by atoms with Crippen LogP contribution in [0.5, 0.6) is 0 Å². The van der Waals surface area contributed by atoms with Gasteiger partial charge in [-0.15, -0.1) is 11.8 Å². The standard InChI is InChI=1S/C13H14Cl2N2O2S/c1-2-16-11(18)6-17-12(19)7-20-13(17)8-3-4-9(14)10(15)5-8/h3-5,13H,2,6-7H2,1H3,(H,16,18)/t13-/m0/s1. The first-order valence-corrected chi connectivity index (χ1v) is 7.96. The van der Waals surface area contributed by atoms with E-state index in [9.17, 15) is 9.59 Å². The van der Waals surface area contributed by atoms with E-state index in [4.69, 9.17) is 23.2 Å². The molecule has 1 aliphatic heterocycles. The molecule has 0 aliphatic carbocycles. The highest BCUT2D eigenvalue weighted by molar-refractivity contribution is 8.00. The van der Waals surface area contributed by atoms with Crippen molar-refractivity contribution in [2.24, 2.45) is 0 Å². The zero-order valence-electron chi connectivity index (χ0n) is 10.9. The third-order valence-electron chi connectivity index (χ3n) is 2.88. The highest BCUT2D eigenvalue weighted by atomic mass is 35.5. The summed E-state index contributed by atoms with van der Waals surface area (Å²) in [5, 5.41) is 3.42. The molecule has 4 nitrogen and oxygen atoms in total. The molecule has 1 aromatic rings. The Hall–Kier alpha value is -0.910. The lowest BCUT2D eigenvalue weighted by molar-refractivity contribution is -0.133. The van der Waals surface area contributed by atoms with Gasteiger partial charge in [0.15, 0.2) is 0 Å². The van der Waals surface area contributed by atoms with Crippen molar-refractivity contribution in [1.29, 1.82) is 0 Å². The van der Waals surface area contributed by atoms with Gasteiger partial charge in [0, 0.05) is 6.54 Å². The number of rotatable bonds is 4. The van der Waals surface area contributed by atoms with Gasteiger partial charge in [0.2, 0.25) is 11.8 Å². The fraction of sp³-hybridized carbons (Fsp3) is 0.385. The van der Waals surface area contributed by atoms with Crippen molar-refractivity contribution in [2.45, 2.75) is 12.3 Å². The SMILES string of the molecule is CCNC(=O)CN1C(=O)CS[C@H]1c1ccc(Cl)c(Cl)c1. The average Bonchev–Trinajstić information content (AvgIpc) is 2.75. The Bertz CT molecular complexity index is 539. The topological polar surface area (TPSA) is 49.4 Å². The van der Waals surface area contributed by atoms with E-state index in [2.05, 4.69) is 5.32 Å². The maximum Gasteiger partial charge on any atom is 0.239 e. The van der Waals surface area contributed by atoms with E-state index >= 15 is 0 Å². The zero-order chi connectivity index (χ0) is 14.7.